The molecule has 0 aromatic carbocycles. The van der Waals surface area contributed by atoms with E-state index in [0.29, 0.717) is 18.8 Å². The van der Waals surface area contributed by atoms with Gasteiger partial charge in [-0.15, -0.1) is 0 Å². The molecule has 0 spiro atoms. The molecule has 88 valence electrons. The number of hydrogen-bond donors (Lipinski definition) is 1. The third-order valence-corrected chi connectivity index (χ3v) is 5.09. The summed E-state index contributed by atoms with van der Waals surface area (Å²) in [7, 11) is -3.01. The Morgan fingerprint density at radius 2 is 2.33 bits per heavy atom. The molecule has 4 nitrogen and oxygen atoms in total. The molecular formula is C9H18N2O2S2. The highest BCUT2D eigenvalue weighted by atomic mass is 32.2. The van der Waals surface area contributed by atoms with Crippen LogP contribution in [-0.4, -0.2) is 56.1 Å². The molecule has 0 aliphatic carbocycles. The molecular weight excluding hydrogens is 232 g/mol. The Morgan fingerprint density at radius 3 is 2.87 bits per heavy atom. The largest absolute Gasteiger partial charge is 0.327 e. The van der Waals surface area contributed by atoms with Crippen LogP contribution in [-0.2, 0) is 9.84 Å². The molecule has 1 unspecified atom stereocenters. The SMILES string of the molecule is C=C(CN)CN1CCSCC1S(C)(=O)=O. The number of sulfone groups is 1. The van der Waals surface area contributed by atoms with Crippen LogP contribution >= 0.6 is 11.8 Å². The van der Waals surface area contributed by atoms with Crippen LogP contribution in [0.4, 0.5) is 0 Å². The fourth-order valence-corrected chi connectivity index (χ4v) is 4.48. The zero-order valence-electron chi connectivity index (χ0n) is 8.98. The summed E-state index contributed by atoms with van der Waals surface area (Å²) < 4.78 is 23.1. The Kier molecular flexibility index (Phi) is 4.64. The molecule has 1 heterocycles. The van der Waals surface area contributed by atoms with E-state index in [4.69, 9.17) is 5.73 Å². The van der Waals surface area contributed by atoms with Crippen LogP contribution in [0.3, 0.4) is 0 Å². The highest BCUT2D eigenvalue weighted by Crippen LogP contribution is 2.20. The van der Waals surface area contributed by atoms with Gasteiger partial charge in [-0.3, -0.25) is 4.90 Å². The third kappa shape index (κ3) is 3.79. The molecule has 0 aromatic heterocycles. The van der Waals surface area contributed by atoms with Crippen molar-refractivity contribution in [1.82, 2.24) is 4.90 Å². The van der Waals surface area contributed by atoms with Gasteiger partial charge in [0.1, 0.15) is 5.37 Å². The van der Waals surface area contributed by atoms with E-state index >= 15 is 0 Å². The molecule has 0 amide bonds. The number of nitrogens with zero attached hydrogens (tertiary/aromatic N) is 1. The van der Waals surface area contributed by atoms with E-state index in [1.165, 1.54) is 6.26 Å². The summed E-state index contributed by atoms with van der Waals surface area (Å²) in [6.45, 7) is 5.62. The lowest BCUT2D eigenvalue weighted by Gasteiger charge is -2.34. The second-order valence-corrected chi connectivity index (χ2v) is 7.14. The normalized spacial score (nSPS) is 24.0. The molecule has 0 bridgehead atoms. The highest BCUT2D eigenvalue weighted by Gasteiger charge is 2.30. The third-order valence-electron chi connectivity index (χ3n) is 2.40. The molecule has 0 radical (unpaired) electrons. The Labute approximate surface area is 95.8 Å². The smallest absolute Gasteiger partial charge is 0.164 e. The quantitative estimate of drug-likeness (QED) is 0.707. The van der Waals surface area contributed by atoms with Crippen LogP contribution in [0, 0.1) is 0 Å². The number of hydrogen-bond acceptors (Lipinski definition) is 5. The van der Waals surface area contributed by atoms with Crippen LogP contribution in [0.25, 0.3) is 0 Å². The minimum absolute atomic E-state index is 0.375. The van der Waals surface area contributed by atoms with Crippen LogP contribution < -0.4 is 5.73 Å². The number of nitrogens with two attached hydrogens (primary N) is 1. The van der Waals surface area contributed by atoms with E-state index in [2.05, 4.69) is 6.58 Å². The van der Waals surface area contributed by atoms with Crippen molar-refractivity contribution in [1.29, 1.82) is 0 Å². The molecule has 1 aliphatic heterocycles. The molecule has 15 heavy (non-hydrogen) atoms. The summed E-state index contributed by atoms with van der Waals surface area (Å²) in [6.07, 6.45) is 1.29. The zero-order valence-corrected chi connectivity index (χ0v) is 10.6. The molecule has 2 N–H and O–H groups in total. The van der Waals surface area contributed by atoms with Crippen molar-refractivity contribution in [2.45, 2.75) is 5.37 Å². The lowest BCUT2D eigenvalue weighted by molar-refractivity contribution is 0.292. The molecule has 1 rings (SSSR count). The average molecular weight is 250 g/mol. The van der Waals surface area contributed by atoms with E-state index in [0.717, 1.165) is 17.9 Å². The van der Waals surface area contributed by atoms with Crippen molar-refractivity contribution in [3.8, 4) is 0 Å². The standard InChI is InChI=1S/C9H18N2O2S2/c1-8(5-10)6-11-3-4-14-7-9(11)15(2,12)13/h9H,1,3-7,10H2,2H3. The van der Waals surface area contributed by atoms with Gasteiger partial charge in [0.05, 0.1) is 0 Å². The van der Waals surface area contributed by atoms with Gasteiger partial charge >= 0.3 is 0 Å². The van der Waals surface area contributed by atoms with E-state index in [-0.39, 0.29) is 5.37 Å². The summed E-state index contributed by atoms with van der Waals surface area (Å²) in [5.74, 6) is 1.63. The topological polar surface area (TPSA) is 63.4 Å². The molecule has 1 atom stereocenters. The average Bonchev–Trinajstić information content (AvgIpc) is 2.17. The monoisotopic (exact) mass is 250 g/mol. The van der Waals surface area contributed by atoms with Crippen LogP contribution in [0.2, 0.25) is 0 Å². The maximum Gasteiger partial charge on any atom is 0.164 e. The zero-order chi connectivity index (χ0) is 11.5. The Balaban J connectivity index is 2.70. The van der Waals surface area contributed by atoms with Crippen LogP contribution in [0.15, 0.2) is 12.2 Å². The summed E-state index contributed by atoms with van der Waals surface area (Å²) in [6, 6.07) is 0. The first kappa shape index (κ1) is 13.0. The van der Waals surface area contributed by atoms with Gasteiger partial charge in [-0.2, -0.15) is 11.8 Å². The lowest BCUT2D eigenvalue weighted by Crippen LogP contribution is -2.47. The van der Waals surface area contributed by atoms with Gasteiger partial charge in [0, 0.05) is 37.4 Å². The first-order valence-corrected chi connectivity index (χ1v) is 7.93. The minimum Gasteiger partial charge on any atom is -0.327 e. The first-order chi connectivity index (χ1) is 6.95. The van der Waals surface area contributed by atoms with Gasteiger partial charge < -0.3 is 5.73 Å². The fraction of sp³-hybridized carbons (Fsp3) is 0.778. The van der Waals surface area contributed by atoms with Gasteiger partial charge in [-0.1, -0.05) is 6.58 Å². The number of thioether (sulfide) groups is 1. The Bertz CT molecular complexity index is 327. The van der Waals surface area contributed by atoms with Crippen LogP contribution in [0.5, 0.6) is 0 Å². The second-order valence-electron chi connectivity index (χ2n) is 3.78. The minimum atomic E-state index is -3.01. The Morgan fingerprint density at radius 1 is 1.67 bits per heavy atom. The molecule has 1 aliphatic rings. The molecule has 0 aromatic rings. The van der Waals surface area contributed by atoms with Crippen molar-refractivity contribution in [3.05, 3.63) is 12.2 Å². The van der Waals surface area contributed by atoms with Gasteiger partial charge in [-0.05, 0) is 5.57 Å². The lowest BCUT2D eigenvalue weighted by atomic mass is 10.3. The molecule has 6 heteroatoms. The maximum absolute atomic E-state index is 11.6. The van der Waals surface area contributed by atoms with E-state index < -0.39 is 9.84 Å². The van der Waals surface area contributed by atoms with E-state index in [1.807, 2.05) is 4.90 Å². The predicted molar refractivity (Wildman–Crippen MR) is 65.7 cm³/mol. The molecule has 0 saturated carbocycles. The summed E-state index contributed by atoms with van der Waals surface area (Å²) >= 11 is 1.69. The summed E-state index contributed by atoms with van der Waals surface area (Å²) in [5.41, 5.74) is 6.35. The van der Waals surface area contributed by atoms with Gasteiger partial charge in [0.15, 0.2) is 9.84 Å². The second kappa shape index (κ2) is 5.34. The van der Waals surface area contributed by atoms with Crippen molar-refractivity contribution >= 4 is 21.6 Å². The Hall–Kier alpha value is -0.0400. The van der Waals surface area contributed by atoms with Crippen molar-refractivity contribution in [2.75, 3.05) is 37.4 Å². The predicted octanol–water partition coefficient (Wildman–Crippen LogP) is -0.0792. The molecule has 1 fully saturated rings. The summed E-state index contributed by atoms with van der Waals surface area (Å²) in [4.78, 5) is 1.96. The summed E-state index contributed by atoms with van der Waals surface area (Å²) in [5, 5.41) is -0.375. The van der Waals surface area contributed by atoms with Crippen molar-refractivity contribution in [2.24, 2.45) is 5.73 Å². The molecule has 1 saturated heterocycles. The van der Waals surface area contributed by atoms with Crippen LogP contribution in [0.1, 0.15) is 0 Å². The van der Waals surface area contributed by atoms with Gasteiger partial charge in [0.2, 0.25) is 0 Å². The van der Waals surface area contributed by atoms with E-state index in [9.17, 15) is 8.42 Å². The van der Waals surface area contributed by atoms with Gasteiger partial charge in [0.25, 0.3) is 0 Å². The van der Waals surface area contributed by atoms with Crippen molar-refractivity contribution < 1.29 is 8.42 Å². The van der Waals surface area contributed by atoms with Crippen molar-refractivity contribution in [3.63, 3.8) is 0 Å². The van der Waals surface area contributed by atoms with Gasteiger partial charge in [-0.25, -0.2) is 8.42 Å². The maximum atomic E-state index is 11.6. The number of rotatable bonds is 4. The van der Waals surface area contributed by atoms with E-state index in [1.54, 1.807) is 11.8 Å². The fourth-order valence-electron chi connectivity index (χ4n) is 1.54. The highest BCUT2D eigenvalue weighted by molar-refractivity contribution is 8.00. The first-order valence-electron chi connectivity index (χ1n) is 4.82.